The van der Waals surface area contributed by atoms with Crippen LogP contribution in [-0.2, 0) is 15.1 Å². The molecule has 0 spiro atoms. The SMILES string of the molecule is CC(=O)N[C@](C)(C(=O)O)c1ccccc1. The van der Waals surface area contributed by atoms with Gasteiger partial charge < -0.3 is 10.4 Å². The molecule has 0 radical (unpaired) electrons. The fourth-order valence-electron chi connectivity index (χ4n) is 1.37. The van der Waals surface area contributed by atoms with Gasteiger partial charge in [0.15, 0.2) is 5.54 Å². The Morgan fingerprint density at radius 3 is 2.20 bits per heavy atom. The zero-order valence-electron chi connectivity index (χ0n) is 8.65. The number of hydrogen-bond acceptors (Lipinski definition) is 2. The van der Waals surface area contributed by atoms with E-state index in [1.54, 1.807) is 30.3 Å². The second-order valence-electron chi connectivity index (χ2n) is 3.48. The van der Waals surface area contributed by atoms with E-state index in [0.29, 0.717) is 5.56 Å². The van der Waals surface area contributed by atoms with Gasteiger partial charge in [-0.2, -0.15) is 0 Å². The van der Waals surface area contributed by atoms with Crippen LogP contribution in [0, 0.1) is 0 Å². The summed E-state index contributed by atoms with van der Waals surface area (Å²) < 4.78 is 0. The Morgan fingerprint density at radius 1 is 1.27 bits per heavy atom. The van der Waals surface area contributed by atoms with E-state index in [-0.39, 0.29) is 5.91 Å². The smallest absolute Gasteiger partial charge is 0.333 e. The average Bonchev–Trinajstić information content (AvgIpc) is 2.17. The van der Waals surface area contributed by atoms with Crippen molar-refractivity contribution in [1.29, 1.82) is 0 Å². The highest BCUT2D eigenvalue weighted by Crippen LogP contribution is 2.20. The Morgan fingerprint density at radius 2 is 1.80 bits per heavy atom. The first-order valence-electron chi connectivity index (χ1n) is 4.54. The maximum absolute atomic E-state index is 11.1. The molecular formula is C11H13NO3. The van der Waals surface area contributed by atoms with E-state index >= 15 is 0 Å². The molecule has 15 heavy (non-hydrogen) atoms. The van der Waals surface area contributed by atoms with Gasteiger partial charge in [0.1, 0.15) is 0 Å². The monoisotopic (exact) mass is 207 g/mol. The predicted octanol–water partition coefficient (Wildman–Crippen LogP) is 1.12. The fraction of sp³-hybridized carbons (Fsp3) is 0.273. The highest BCUT2D eigenvalue weighted by Gasteiger charge is 2.35. The molecule has 1 amide bonds. The molecule has 1 aromatic rings. The minimum Gasteiger partial charge on any atom is -0.479 e. The number of aliphatic carboxylic acids is 1. The van der Waals surface area contributed by atoms with E-state index in [1.807, 2.05) is 0 Å². The van der Waals surface area contributed by atoms with Crippen molar-refractivity contribution < 1.29 is 14.7 Å². The van der Waals surface area contributed by atoms with Crippen LogP contribution in [0.5, 0.6) is 0 Å². The minimum absolute atomic E-state index is 0.372. The first-order chi connectivity index (χ1) is 6.97. The fourth-order valence-corrected chi connectivity index (χ4v) is 1.37. The van der Waals surface area contributed by atoms with Crippen LogP contribution in [0.4, 0.5) is 0 Å². The van der Waals surface area contributed by atoms with Gasteiger partial charge in [0.2, 0.25) is 5.91 Å². The average molecular weight is 207 g/mol. The zero-order chi connectivity index (χ0) is 11.5. The highest BCUT2D eigenvalue weighted by molar-refractivity contribution is 5.86. The highest BCUT2D eigenvalue weighted by atomic mass is 16.4. The summed E-state index contributed by atoms with van der Waals surface area (Å²) in [5, 5.41) is 11.6. The Bertz CT molecular complexity index is 375. The van der Waals surface area contributed by atoms with Gasteiger partial charge in [-0.25, -0.2) is 4.79 Å². The summed E-state index contributed by atoms with van der Waals surface area (Å²) in [6.07, 6.45) is 0. The lowest BCUT2D eigenvalue weighted by Crippen LogP contribution is -2.48. The predicted molar refractivity (Wildman–Crippen MR) is 55.2 cm³/mol. The number of hydrogen-bond donors (Lipinski definition) is 2. The van der Waals surface area contributed by atoms with Gasteiger partial charge in [0, 0.05) is 6.92 Å². The summed E-state index contributed by atoms with van der Waals surface area (Å²) in [6.45, 7) is 2.76. The molecule has 1 aromatic carbocycles. The molecule has 1 rings (SSSR count). The van der Waals surface area contributed by atoms with Gasteiger partial charge in [-0.1, -0.05) is 30.3 Å². The maximum Gasteiger partial charge on any atom is 0.333 e. The van der Waals surface area contributed by atoms with Crippen LogP contribution in [0.2, 0.25) is 0 Å². The third-order valence-corrected chi connectivity index (χ3v) is 2.20. The van der Waals surface area contributed by atoms with Crippen LogP contribution in [0.3, 0.4) is 0 Å². The van der Waals surface area contributed by atoms with Crippen molar-refractivity contribution in [2.24, 2.45) is 0 Å². The number of rotatable bonds is 3. The molecule has 0 aliphatic carbocycles. The topological polar surface area (TPSA) is 66.4 Å². The third kappa shape index (κ3) is 2.34. The van der Waals surface area contributed by atoms with E-state index in [0.717, 1.165) is 0 Å². The van der Waals surface area contributed by atoms with Crippen LogP contribution < -0.4 is 5.32 Å². The van der Waals surface area contributed by atoms with Crippen molar-refractivity contribution in [3.05, 3.63) is 35.9 Å². The number of carboxylic acids is 1. The van der Waals surface area contributed by atoms with Gasteiger partial charge in [-0.3, -0.25) is 4.79 Å². The van der Waals surface area contributed by atoms with Crippen molar-refractivity contribution >= 4 is 11.9 Å². The molecule has 80 valence electrons. The van der Waals surface area contributed by atoms with Crippen molar-refractivity contribution in [3.8, 4) is 0 Å². The molecule has 2 N–H and O–H groups in total. The zero-order valence-corrected chi connectivity index (χ0v) is 8.65. The Balaban J connectivity index is 3.13. The normalized spacial score (nSPS) is 14.0. The molecular weight excluding hydrogens is 194 g/mol. The lowest BCUT2D eigenvalue weighted by molar-refractivity contribution is -0.147. The van der Waals surface area contributed by atoms with Gasteiger partial charge in [0.25, 0.3) is 0 Å². The van der Waals surface area contributed by atoms with Crippen LogP contribution >= 0.6 is 0 Å². The molecule has 0 bridgehead atoms. The molecule has 0 aliphatic heterocycles. The number of carboxylic acid groups (broad SMARTS) is 1. The van der Waals surface area contributed by atoms with E-state index in [2.05, 4.69) is 5.32 Å². The van der Waals surface area contributed by atoms with Gasteiger partial charge in [-0.05, 0) is 12.5 Å². The molecule has 0 aromatic heterocycles. The van der Waals surface area contributed by atoms with Crippen molar-refractivity contribution in [2.45, 2.75) is 19.4 Å². The number of carbonyl (C=O) groups excluding carboxylic acids is 1. The number of carbonyl (C=O) groups is 2. The molecule has 0 saturated heterocycles. The van der Waals surface area contributed by atoms with E-state index in [9.17, 15) is 9.59 Å². The third-order valence-electron chi connectivity index (χ3n) is 2.20. The number of amides is 1. The summed E-state index contributed by atoms with van der Waals surface area (Å²) >= 11 is 0. The Hall–Kier alpha value is -1.84. The molecule has 0 heterocycles. The van der Waals surface area contributed by atoms with E-state index in [1.165, 1.54) is 13.8 Å². The quantitative estimate of drug-likeness (QED) is 0.780. The van der Waals surface area contributed by atoms with Crippen molar-refractivity contribution in [2.75, 3.05) is 0 Å². The molecule has 0 aliphatic rings. The van der Waals surface area contributed by atoms with Gasteiger partial charge >= 0.3 is 5.97 Å². The second kappa shape index (κ2) is 4.13. The summed E-state index contributed by atoms with van der Waals surface area (Å²) in [7, 11) is 0. The van der Waals surface area contributed by atoms with E-state index < -0.39 is 11.5 Å². The van der Waals surface area contributed by atoms with Crippen molar-refractivity contribution in [3.63, 3.8) is 0 Å². The molecule has 1 atom stereocenters. The lowest BCUT2D eigenvalue weighted by atomic mass is 9.92. The first kappa shape index (κ1) is 11.2. The maximum atomic E-state index is 11.1. The summed E-state index contributed by atoms with van der Waals surface area (Å²) in [6, 6.07) is 8.60. The van der Waals surface area contributed by atoms with Crippen molar-refractivity contribution in [1.82, 2.24) is 5.32 Å². The molecule has 0 fully saturated rings. The molecule has 0 unspecified atom stereocenters. The standard InChI is InChI=1S/C11H13NO3/c1-8(13)12-11(2,10(14)15)9-6-4-3-5-7-9/h3-7H,1-2H3,(H,12,13)(H,14,15)/t11-/m0/s1. The summed E-state index contributed by atoms with van der Waals surface area (Å²) in [5.41, 5.74) is -0.819. The number of nitrogens with one attached hydrogen (secondary N) is 1. The van der Waals surface area contributed by atoms with Crippen LogP contribution in [-0.4, -0.2) is 17.0 Å². The number of benzene rings is 1. The summed E-state index contributed by atoms with van der Waals surface area (Å²) in [4.78, 5) is 22.1. The van der Waals surface area contributed by atoms with Crippen LogP contribution in [0.1, 0.15) is 19.4 Å². The Labute approximate surface area is 87.9 Å². The summed E-state index contributed by atoms with van der Waals surface area (Å²) in [5.74, 6) is -1.45. The Kier molecular flexibility index (Phi) is 3.09. The molecule has 0 saturated carbocycles. The molecule has 4 heteroatoms. The van der Waals surface area contributed by atoms with Gasteiger partial charge in [0.05, 0.1) is 0 Å². The van der Waals surface area contributed by atoms with Crippen LogP contribution in [0.15, 0.2) is 30.3 Å². The van der Waals surface area contributed by atoms with Crippen LogP contribution in [0.25, 0.3) is 0 Å². The largest absolute Gasteiger partial charge is 0.479 e. The van der Waals surface area contributed by atoms with E-state index in [4.69, 9.17) is 5.11 Å². The lowest BCUT2D eigenvalue weighted by Gasteiger charge is -2.25. The first-order valence-corrected chi connectivity index (χ1v) is 4.54. The minimum atomic E-state index is -1.37. The molecule has 4 nitrogen and oxygen atoms in total. The van der Waals surface area contributed by atoms with Gasteiger partial charge in [-0.15, -0.1) is 0 Å². The second-order valence-corrected chi connectivity index (χ2v) is 3.48.